The highest BCUT2D eigenvalue weighted by atomic mass is 16.2. The van der Waals surface area contributed by atoms with E-state index in [1.165, 1.54) is 12.0 Å². The van der Waals surface area contributed by atoms with Gasteiger partial charge in [-0.2, -0.15) is 0 Å². The summed E-state index contributed by atoms with van der Waals surface area (Å²) in [7, 11) is 1.84. The lowest BCUT2D eigenvalue weighted by Gasteiger charge is -2.41. The second-order valence-corrected chi connectivity index (χ2v) is 6.89. The van der Waals surface area contributed by atoms with Gasteiger partial charge in [0.25, 0.3) is 0 Å². The highest BCUT2D eigenvalue weighted by Crippen LogP contribution is 2.37. The average Bonchev–Trinajstić information content (AvgIpc) is 2.58. The van der Waals surface area contributed by atoms with Crippen LogP contribution < -0.4 is 0 Å². The maximum atomic E-state index is 13.0. The first-order valence-corrected chi connectivity index (χ1v) is 8.69. The Hall–Kier alpha value is -1.84. The molecule has 0 aromatic heterocycles. The molecular formula is C19H26N2O2. The molecule has 0 unspecified atom stereocenters. The summed E-state index contributed by atoms with van der Waals surface area (Å²) in [6.07, 6.45) is 4.55. The number of hydrogen-bond acceptors (Lipinski definition) is 2. The number of nitrogens with zero attached hydrogens (tertiary/aromatic N) is 2. The van der Waals surface area contributed by atoms with Gasteiger partial charge in [0.1, 0.15) is 0 Å². The molecule has 0 radical (unpaired) electrons. The molecule has 23 heavy (non-hydrogen) atoms. The van der Waals surface area contributed by atoms with Gasteiger partial charge >= 0.3 is 0 Å². The van der Waals surface area contributed by atoms with Crippen LogP contribution in [-0.2, 0) is 9.59 Å². The van der Waals surface area contributed by atoms with Gasteiger partial charge in [0, 0.05) is 26.6 Å². The van der Waals surface area contributed by atoms with Crippen molar-refractivity contribution in [3.05, 3.63) is 35.4 Å². The molecule has 4 nitrogen and oxygen atoms in total. The van der Waals surface area contributed by atoms with E-state index in [1.54, 1.807) is 4.90 Å². The smallest absolute Gasteiger partial charge is 0.228 e. The van der Waals surface area contributed by atoms with Crippen LogP contribution in [0.3, 0.4) is 0 Å². The number of likely N-dealkylation sites (tertiary alicyclic amines) is 2. The second-order valence-electron chi connectivity index (χ2n) is 6.89. The van der Waals surface area contributed by atoms with Crippen LogP contribution in [0, 0.1) is 12.8 Å². The summed E-state index contributed by atoms with van der Waals surface area (Å²) in [5.74, 6) is 0.256. The van der Waals surface area contributed by atoms with Crippen LogP contribution in [-0.4, -0.2) is 41.8 Å². The number of aryl methyl sites for hydroxylation is 1. The van der Waals surface area contributed by atoms with Crippen molar-refractivity contribution in [3.63, 3.8) is 0 Å². The Balaban J connectivity index is 1.87. The standard InChI is InChI=1S/C19H26N2O2/c1-14-6-8-15(9-7-14)18-16(10-11-17(22)20(18)2)19(23)21-12-4-3-5-13-21/h6-9,16,18H,3-5,10-13H2,1-2H3/t16-,18+/m0/s1. The zero-order valence-corrected chi connectivity index (χ0v) is 14.1. The first-order chi connectivity index (χ1) is 11.1. The van der Waals surface area contributed by atoms with E-state index in [0.717, 1.165) is 31.5 Å². The van der Waals surface area contributed by atoms with E-state index in [9.17, 15) is 9.59 Å². The summed E-state index contributed by atoms with van der Waals surface area (Å²) < 4.78 is 0. The van der Waals surface area contributed by atoms with Gasteiger partial charge < -0.3 is 9.80 Å². The summed E-state index contributed by atoms with van der Waals surface area (Å²) >= 11 is 0. The minimum absolute atomic E-state index is 0.112. The molecule has 0 saturated carbocycles. The maximum absolute atomic E-state index is 13.0. The third kappa shape index (κ3) is 3.26. The van der Waals surface area contributed by atoms with Crippen LogP contribution in [0.4, 0.5) is 0 Å². The fourth-order valence-corrected chi connectivity index (χ4v) is 3.87. The molecule has 0 bridgehead atoms. The Kier molecular flexibility index (Phi) is 4.69. The summed E-state index contributed by atoms with van der Waals surface area (Å²) in [6, 6.07) is 8.11. The Morgan fingerprint density at radius 1 is 1.09 bits per heavy atom. The molecule has 0 aliphatic carbocycles. The van der Waals surface area contributed by atoms with Crippen molar-refractivity contribution in [1.29, 1.82) is 0 Å². The monoisotopic (exact) mass is 314 g/mol. The minimum atomic E-state index is -0.133. The summed E-state index contributed by atoms with van der Waals surface area (Å²) in [5.41, 5.74) is 2.26. The van der Waals surface area contributed by atoms with Gasteiger partial charge in [-0.25, -0.2) is 0 Å². The van der Waals surface area contributed by atoms with Gasteiger partial charge in [-0.1, -0.05) is 29.8 Å². The summed E-state index contributed by atoms with van der Waals surface area (Å²) in [5, 5.41) is 0. The lowest BCUT2D eigenvalue weighted by Crippen LogP contribution is -2.48. The molecule has 0 spiro atoms. The molecule has 2 amide bonds. The largest absolute Gasteiger partial charge is 0.342 e. The van der Waals surface area contributed by atoms with Gasteiger partial charge in [-0.05, 0) is 38.2 Å². The van der Waals surface area contributed by atoms with E-state index in [-0.39, 0.29) is 23.8 Å². The predicted octanol–water partition coefficient (Wildman–Crippen LogP) is 2.92. The lowest BCUT2D eigenvalue weighted by atomic mass is 9.83. The number of rotatable bonds is 2. The number of amides is 2. The predicted molar refractivity (Wildman–Crippen MR) is 89.8 cm³/mol. The van der Waals surface area contributed by atoms with Gasteiger partial charge in [0.2, 0.25) is 11.8 Å². The van der Waals surface area contributed by atoms with Crippen molar-refractivity contribution in [2.45, 2.75) is 45.1 Å². The quantitative estimate of drug-likeness (QED) is 0.842. The highest BCUT2D eigenvalue weighted by Gasteiger charge is 2.40. The average molecular weight is 314 g/mol. The highest BCUT2D eigenvalue weighted by molar-refractivity contribution is 5.85. The van der Waals surface area contributed by atoms with Crippen LogP contribution in [0.25, 0.3) is 0 Å². The second kappa shape index (κ2) is 6.73. The molecule has 2 heterocycles. The van der Waals surface area contributed by atoms with Crippen LogP contribution in [0.2, 0.25) is 0 Å². The molecule has 1 aromatic carbocycles. The maximum Gasteiger partial charge on any atom is 0.228 e. The minimum Gasteiger partial charge on any atom is -0.342 e. The molecule has 2 atom stereocenters. The molecule has 124 valence electrons. The number of benzene rings is 1. The molecule has 0 N–H and O–H groups in total. The number of hydrogen-bond donors (Lipinski definition) is 0. The van der Waals surface area contributed by atoms with Crippen molar-refractivity contribution < 1.29 is 9.59 Å². The summed E-state index contributed by atoms with van der Waals surface area (Å²) in [6.45, 7) is 3.79. The molecule has 2 aliphatic heterocycles. The Bertz CT molecular complexity index is 576. The van der Waals surface area contributed by atoms with E-state index in [1.807, 2.05) is 11.9 Å². The molecule has 3 rings (SSSR count). The van der Waals surface area contributed by atoms with E-state index < -0.39 is 0 Å². The van der Waals surface area contributed by atoms with Crippen molar-refractivity contribution >= 4 is 11.8 Å². The van der Waals surface area contributed by atoms with E-state index in [0.29, 0.717) is 12.8 Å². The van der Waals surface area contributed by atoms with Crippen molar-refractivity contribution in [2.75, 3.05) is 20.1 Å². The van der Waals surface area contributed by atoms with Crippen LogP contribution >= 0.6 is 0 Å². The summed E-state index contributed by atoms with van der Waals surface area (Å²) in [4.78, 5) is 29.0. The Labute approximate surface area is 138 Å². The lowest BCUT2D eigenvalue weighted by molar-refractivity contribution is -0.147. The number of piperidine rings is 2. The molecule has 2 saturated heterocycles. The van der Waals surface area contributed by atoms with E-state index >= 15 is 0 Å². The third-order valence-electron chi connectivity index (χ3n) is 5.26. The van der Waals surface area contributed by atoms with Crippen molar-refractivity contribution in [2.24, 2.45) is 5.92 Å². The zero-order chi connectivity index (χ0) is 16.4. The van der Waals surface area contributed by atoms with Gasteiger partial charge in [0.05, 0.1) is 12.0 Å². The Morgan fingerprint density at radius 2 is 1.74 bits per heavy atom. The first kappa shape index (κ1) is 16.0. The topological polar surface area (TPSA) is 40.6 Å². The fraction of sp³-hybridized carbons (Fsp3) is 0.579. The molecule has 2 fully saturated rings. The molecular weight excluding hydrogens is 288 g/mol. The van der Waals surface area contributed by atoms with Gasteiger partial charge in [-0.15, -0.1) is 0 Å². The van der Waals surface area contributed by atoms with Crippen LogP contribution in [0.1, 0.15) is 49.3 Å². The number of carbonyl (C=O) groups is 2. The van der Waals surface area contributed by atoms with Crippen molar-refractivity contribution in [1.82, 2.24) is 9.80 Å². The molecule has 4 heteroatoms. The normalized spacial score (nSPS) is 25.6. The van der Waals surface area contributed by atoms with E-state index in [4.69, 9.17) is 0 Å². The first-order valence-electron chi connectivity index (χ1n) is 8.69. The zero-order valence-electron chi connectivity index (χ0n) is 14.1. The van der Waals surface area contributed by atoms with Crippen LogP contribution in [0.5, 0.6) is 0 Å². The molecule has 1 aromatic rings. The van der Waals surface area contributed by atoms with E-state index in [2.05, 4.69) is 31.2 Å². The number of carbonyl (C=O) groups excluding carboxylic acids is 2. The molecule has 2 aliphatic rings. The van der Waals surface area contributed by atoms with Gasteiger partial charge in [0.15, 0.2) is 0 Å². The van der Waals surface area contributed by atoms with Gasteiger partial charge in [-0.3, -0.25) is 9.59 Å². The van der Waals surface area contributed by atoms with Crippen LogP contribution in [0.15, 0.2) is 24.3 Å². The fourth-order valence-electron chi connectivity index (χ4n) is 3.87. The Morgan fingerprint density at radius 3 is 2.39 bits per heavy atom. The SMILES string of the molecule is Cc1ccc([C@@H]2[C@@H](C(=O)N3CCCCC3)CCC(=O)N2C)cc1. The third-order valence-corrected chi connectivity index (χ3v) is 5.26. The van der Waals surface area contributed by atoms with Crippen molar-refractivity contribution in [3.8, 4) is 0 Å².